The van der Waals surface area contributed by atoms with Crippen molar-refractivity contribution in [3.8, 4) is 0 Å². The molecule has 0 aliphatic heterocycles. The topological polar surface area (TPSA) is 26.0 Å². The van der Waals surface area contributed by atoms with Gasteiger partial charge in [-0.25, -0.2) is 0 Å². The lowest BCUT2D eigenvalue weighted by molar-refractivity contribution is 0.777. The maximum atomic E-state index is 5.30. The van der Waals surface area contributed by atoms with Crippen molar-refractivity contribution in [3.63, 3.8) is 0 Å². The molecule has 0 aromatic carbocycles. The molecule has 0 aliphatic carbocycles. The molecule has 7 heavy (non-hydrogen) atoms. The van der Waals surface area contributed by atoms with Crippen LogP contribution >= 0.6 is 8.73 Å². The second kappa shape index (κ2) is 6.39. The van der Waals surface area contributed by atoms with E-state index >= 15 is 0 Å². The molecule has 0 bridgehead atoms. The van der Waals surface area contributed by atoms with E-state index in [0.29, 0.717) is 8.73 Å². The Bertz CT molecular complexity index is 27.3. The normalized spacial score (nSPS) is 11.1. The summed E-state index contributed by atoms with van der Waals surface area (Å²) in [6.07, 6.45) is 5.22. The third-order valence-corrected chi connectivity index (χ3v) is 1.57. The Hall–Kier alpha value is 0.390. The third-order valence-electron chi connectivity index (χ3n) is 0.925. The molecule has 2 heteroatoms. The summed E-state index contributed by atoms with van der Waals surface area (Å²) >= 11 is 0. The lowest BCUT2D eigenvalue weighted by Crippen LogP contribution is -1.80. The van der Waals surface area contributed by atoms with Gasteiger partial charge >= 0.3 is 0 Å². The van der Waals surface area contributed by atoms with E-state index < -0.39 is 0 Å². The Kier molecular flexibility index (Phi) is 6.75. The van der Waals surface area contributed by atoms with Gasteiger partial charge in [-0.1, -0.05) is 28.5 Å². The fraction of sp³-hybridized carbons (Fsp3) is 1.00. The third kappa shape index (κ3) is 6.39. The van der Waals surface area contributed by atoms with Gasteiger partial charge in [-0.3, -0.25) is 0 Å². The van der Waals surface area contributed by atoms with Crippen molar-refractivity contribution in [1.29, 1.82) is 0 Å². The second-order valence-electron chi connectivity index (χ2n) is 1.66. The number of nitrogens with two attached hydrogens (primary N) is 1. The smallest absolute Gasteiger partial charge is 0.0224 e. The van der Waals surface area contributed by atoms with Crippen molar-refractivity contribution in [2.75, 3.05) is 6.16 Å². The average Bonchev–Trinajstić information content (AvgIpc) is 1.69. The number of rotatable bonds is 4. The van der Waals surface area contributed by atoms with Crippen LogP contribution in [0.5, 0.6) is 0 Å². The van der Waals surface area contributed by atoms with Crippen LogP contribution in [0, 0.1) is 0 Å². The molecule has 0 radical (unpaired) electrons. The first-order chi connectivity index (χ1) is 3.41. The van der Waals surface area contributed by atoms with Crippen molar-refractivity contribution in [1.82, 2.24) is 0 Å². The molecule has 0 fully saturated rings. The highest BCUT2D eigenvalue weighted by atomic mass is 31.1. The predicted octanol–water partition coefficient (Wildman–Crippen LogP) is 1.73. The van der Waals surface area contributed by atoms with E-state index in [1.807, 2.05) is 0 Å². The summed E-state index contributed by atoms with van der Waals surface area (Å²) in [6, 6.07) is 0. The molecule has 1 atom stereocenters. The molecule has 0 heterocycles. The van der Waals surface area contributed by atoms with Gasteiger partial charge in [-0.15, -0.1) is 0 Å². The van der Waals surface area contributed by atoms with Crippen LogP contribution in [0.1, 0.15) is 26.2 Å². The van der Waals surface area contributed by atoms with E-state index in [4.69, 9.17) is 5.50 Å². The fourth-order valence-electron chi connectivity index (χ4n) is 0.477. The standard InChI is InChI=1S/C5H14NP/c1-2-3-4-5-7-6/h7H,2-6H2,1H3. The monoisotopic (exact) mass is 119 g/mol. The molecular formula is C5H14NP. The molecule has 0 amide bonds. The molecule has 0 spiro atoms. The van der Waals surface area contributed by atoms with E-state index in [9.17, 15) is 0 Å². The minimum Gasteiger partial charge on any atom is -0.312 e. The minimum absolute atomic E-state index is 0.668. The average molecular weight is 119 g/mol. The summed E-state index contributed by atoms with van der Waals surface area (Å²) in [4.78, 5) is 0. The molecule has 0 aromatic heterocycles. The van der Waals surface area contributed by atoms with Gasteiger partial charge in [0.15, 0.2) is 0 Å². The summed E-state index contributed by atoms with van der Waals surface area (Å²) in [5.41, 5.74) is 5.30. The zero-order chi connectivity index (χ0) is 5.54. The van der Waals surface area contributed by atoms with Gasteiger partial charge in [-0.2, -0.15) is 0 Å². The molecule has 0 rings (SSSR count). The van der Waals surface area contributed by atoms with E-state index in [1.165, 1.54) is 25.4 Å². The van der Waals surface area contributed by atoms with Gasteiger partial charge in [0.1, 0.15) is 0 Å². The van der Waals surface area contributed by atoms with Crippen LogP contribution in [0.4, 0.5) is 0 Å². The van der Waals surface area contributed by atoms with Gasteiger partial charge in [0, 0.05) is 0 Å². The van der Waals surface area contributed by atoms with E-state index in [2.05, 4.69) is 6.92 Å². The van der Waals surface area contributed by atoms with Gasteiger partial charge < -0.3 is 5.50 Å². The quantitative estimate of drug-likeness (QED) is 0.442. The first kappa shape index (κ1) is 7.39. The fourth-order valence-corrected chi connectivity index (χ4v) is 0.931. The van der Waals surface area contributed by atoms with Gasteiger partial charge in [-0.05, 0) is 12.6 Å². The van der Waals surface area contributed by atoms with Gasteiger partial charge in [0.05, 0.1) is 0 Å². The molecule has 1 unspecified atom stereocenters. The maximum absolute atomic E-state index is 5.30. The predicted molar refractivity (Wildman–Crippen MR) is 36.9 cm³/mol. The van der Waals surface area contributed by atoms with Gasteiger partial charge in [0.25, 0.3) is 0 Å². The summed E-state index contributed by atoms with van der Waals surface area (Å²) < 4.78 is 0. The van der Waals surface area contributed by atoms with Crippen molar-refractivity contribution in [2.45, 2.75) is 26.2 Å². The Morgan fingerprint density at radius 1 is 1.43 bits per heavy atom. The highest BCUT2D eigenvalue weighted by Gasteiger charge is 1.80. The van der Waals surface area contributed by atoms with Crippen molar-refractivity contribution >= 4 is 8.73 Å². The highest BCUT2D eigenvalue weighted by molar-refractivity contribution is 7.35. The number of hydrogen-bond donors (Lipinski definition) is 1. The Morgan fingerprint density at radius 3 is 2.57 bits per heavy atom. The minimum atomic E-state index is 0.668. The lowest BCUT2D eigenvalue weighted by Gasteiger charge is -1.91. The van der Waals surface area contributed by atoms with Crippen LogP contribution in [-0.4, -0.2) is 6.16 Å². The molecule has 2 N–H and O–H groups in total. The molecular weight excluding hydrogens is 105 g/mol. The van der Waals surface area contributed by atoms with Crippen LogP contribution in [0.2, 0.25) is 0 Å². The zero-order valence-corrected chi connectivity index (χ0v) is 5.91. The molecule has 44 valence electrons. The van der Waals surface area contributed by atoms with E-state index in [-0.39, 0.29) is 0 Å². The Labute approximate surface area is 47.5 Å². The van der Waals surface area contributed by atoms with Gasteiger partial charge in [0.2, 0.25) is 0 Å². The van der Waals surface area contributed by atoms with Crippen LogP contribution in [0.25, 0.3) is 0 Å². The van der Waals surface area contributed by atoms with Crippen LogP contribution in [-0.2, 0) is 0 Å². The Balaban J connectivity index is 2.45. The summed E-state index contributed by atoms with van der Waals surface area (Å²) in [5, 5.41) is 0. The first-order valence-electron chi connectivity index (χ1n) is 2.85. The molecule has 0 aromatic rings. The largest absolute Gasteiger partial charge is 0.312 e. The van der Waals surface area contributed by atoms with Crippen LogP contribution < -0.4 is 5.50 Å². The van der Waals surface area contributed by atoms with Crippen LogP contribution in [0.15, 0.2) is 0 Å². The van der Waals surface area contributed by atoms with E-state index in [1.54, 1.807) is 0 Å². The molecule has 0 aliphatic rings. The van der Waals surface area contributed by atoms with E-state index in [0.717, 1.165) is 0 Å². The van der Waals surface area contributed by atoms with Crippen molar-refractivity contribution < 1.29 is 0 Å². The summed E-state index contributed by atoms with van der Waals surface area (Å²) in [7, 11) is 0.668. The summed E-state index contributed by atoms with van der Waals surface area (Å²) in [6.45, 7) is 2.21. The zero-order valence-electron chi connectivity index (χ0n) is 4.91. The molecule has 0 saturated heterocycles. The SMILES string of the molecule is CCCCCPN. The van der Waals surface area contributed by atoms with Crippen molar-refractivity contribution in [3.05, 3.63) is 0 Å². The highest BCUT2D eigenvalue weighted by Crippen LogP contribution is 2.02. The van der Waals surface area contributed by atoms with Crippen LogP contribution in [0.3, 0.4) is 0 Å². The number of unbranched alkanes of at least 4 members (excludes halogenated alkanes) is 2. The Morgan fingerprint density at radius 2 is 2.14 bits per heavy atom. The first-order valence-corrected chi connectivity index (χ1v) is 4.13. The maximum Gasteiger partial charge on any atom is -0.0224 e. The molecule has 1 nitrogen and oxygen atoms in total. The summed E-state index contributed by atoms with van der Waals surface area (Å²) in [5.74, 6) is 0. The second-order valence-corrected chi connectivity index (χ2v) is 2.57. The number of hydrogen-bond acceptors (Lipinski definition) is 1. The molecule has 0 saturated carbocycles. The van der Waals surface area contributed by atoms with Crippen molar-refractivity contribution in [2.24, 2.45) is 5.50 Å². The lowest BCUT2D eigenvalue weighted by atomic mass is 10.3.